The zero-order valence-electron chi connectivity index (χ0n) is 11.2. The Morgan fingerprint density at radius 1 is 1.20 bits per heavy atom. The number of hydrogen-bond acceptors (Lipinski definition) is 3. The minimum atomic E-state index is -0.601. The van der Waals surface area contributed by atoms with Crippen LogP contribution in [0.4, 0.5) is 5.69 Å². The fraction of sp³-hybridized carbons (Fsp3) is 0.176. The van der Waals surface area contributed by atoms with Crippen LogP contribution in [0.25, 0.3) is 10.8 Å². The van der Waals surface area contributed by atoms with Crippen LogP contribution in [-0.2, 0) is 15.9 Å². The Balaban J connectivity index is 1.86. The van der Waals surface area contributed by atoms with Crippen LogP contribution in [0.5, 0.6) is 0 Å². The maximum absolute atomic E-state index is 5.88. The number of allylic oxidation sites excluding steroid dienone is 2. The van der Waals surface area contributed by atoms with Gasteiger partial charge in [-0.15, -0.1) is 0 Å². The van der Waals surface area contributed by atoms with Crippen LogP contribution in [0.15, 0.2) is 60.6 Å². The third-order valence-corrected chi connectivity index (χ3v) is 3.99. The van der Waals surface area contributed by atoms with Crippen molar-refractivity contribution in [3.8, 4) is 0 Å². The van der Waals surface area contributed by atoms with Crippen molar-refractivity contribution in [1.29, 1.82) is 0 Å². The summed E-state index contributed by atoms with van der Waals surface area (Å²) in [6.07, 6.45) is 6.28. The molecule has 2 heterocycles. The highest BCUT2D eigenvalue weighted by Gasteiger charge is 2.44. The molecule has 1 atom stereocenters. The van der Waals surface area contributed by atoms with E-state index in [1.165, 1.54) is 16.3 Å². The van der Waals surface area contributed by atoms with Crippen molar-refractivity contribution in [1.82, 2.24) is 0 Å². The van der Waals surface area contributed by atoms with Crippen molar-refractivity contribution in [3.05, 3.63) is 66.1 Å². The van der Waals surface area contributed by atoms with Gasteiger partial charge in [-0.2, -0.15) is 0 Å². The van der Waals surface area contributed by atoms with Gasteiger partial charge in [-0.05, 0) is 23.1 Å². The van der Waals surface area contributed by atoms with E-state index in [1.807, 2.05) is 12.2 Å². The Morgan fingerprint density at radius 3 is 3.00 bits per heavy atom. The van der Waals surface area contributed by atoms with Crippen molar-refractivity contribution in [2.24, 2.45) is 0 Å². The van der Waals surface area contributed by atoms with E-state index in [0.717, 1.165) is 17.9 Å². The maximum Gasteiger partial charge on any atom is 0.241 e. The standard InChI is InChI=1S/C17H15NO2/c1-19-15-7-4-10-20-17(15)11-13-9-8-12-5-2-3-6-14(12)16(13)18-17/h2-10,18H,11H2,1H3. The Kier molecular flexibility index (Phi) is 2.30. The number of nitrogens with one attached hydrogen (secondary N) is 1. The molecule has 2 aliphatic rings. The molecular weight excluding hydrogens is 250 g/mol. The van der Waals surface area contributed by atoms with Crippen LogP contribution in [0.3, 0.4) is 0 Å². The lowest BCUT2D eigenvalue weighted by Crippen LogP contribution is -2.41. The number of methoxy groups -OCH3 is 1. The predicted octanol–water partition coefficient (Wildman–Crippen LogP) is 3.58. The third-order valence-electron chi connectivity index (χ3n) is 3.99. The second kappa shape index (κ2) is 4.04. The van der Waals surface area contributed by atoms with Gasteiger partial charge in [0.1, 0.15) is 0 Å². The van der Waals surface area contributed by atoms with E-state index < -0.39 is 5.72 Å². The van der Waals surface area contributed by atoms with Gasteiger partial charge in [-0.1, -0.05) is 36.4 Å². The van der Waals surface area contributed by atoms with Crippen molar-refractivity contribution < 1.29 is 9.47 Å². The third kappa shape index (κ3) is 1.46. The van der Waals surface area contributed by atoms with E-state index in [1.54, 1.807) is 13.4 Å². The monoisotopic (exact) mass is 265 g/mol. The molecule has 2 aromatic carbocycles. The van der Waals surface area contributed by atoms with Crippen molar-refractivity contribution in [2.45, 2.75) is 12.1 Å². The highest BCUT2D eigenvalue weighted by atomic mass is 16.6. The van der Waals surface area contributed by atoms with Gasteiger partial charge in [-0.25, -0.2) is 0 Å². The maximum atomic E-state index is 5.88. The summed E-state index contributed by atoms with van der Waals surface area (Å²) in [5, 5.41) is 5.97. The van der Waals surface area contributed by atoms with E-state index in [0.29, 0.717) is 0 Å². The number of benzene rings is 2. The molecule has 2 aliphatic heterocycles. The van der Waals surface area contributed by atoms with Crippen molar-refractivity contribution in [3.63, 3.8) is 0 Å². The van der Waals surface area contributed by atoms with Crippen LogP contribution in [-0.4, -0.2) is 12.8 Å². The predicted molar refractivity (Wildman–Crippen MR) is 79.3 cm³/mol. The van der Waals surface area contributed by atoms with Gasteiger partial charge in [0.05, 0.1) is 13.4 Å². The molecule has 20 heavy (non-hydrogen) atoms. The molecule has 0 fully saturated rings. The molecule has 4 rings (SSSR count). The molecule has 0 amide bonds. The first-order valence-corrected chi connectivity index (χ1v) is 6.70. The smallest absolute Gasteiger partial charge is 0.241 e. The zero-order chi connectivity index (χ0) is 13.6. The first-order valence-electron chi connectivity index (χ1n) is 6.70. The quantitative estimate of drug-likeness (QED) is 0.855. The van der Waals surface area contributed by atoms with Gasteiger partial charge in [0.25, 0.3) is 0 Å². The summed E-state index contributed by atoms with van der Waals surface area (Å²) >= 11 is 0. The molecule has 3 nitrogen and oxygen atoms in total. The first-order chi connectivity index (χ1) is 9.82. The summed E-state index contributed by atoms with van der Waals surface area (Å²) in [4.78, 5) is 0. The summed E-state index contributed by atoms with van der Waals surface area (Å²) < 4.78 is 11.4. The number of rotatable bonds is 1. The van der Waals surface area contributed by atoms with E-state index in [4.69, 9.17) is 9.47 Å². The number of ether oxygens (including phenoxy) is 2. The molecule has 0 aliphatic carbocycles. The Labute approximate surface area is 117 Å². The van der Waals surface area contributed by atoms with Gasteiger partial charge in [0.15, 0.2) is 5.76 Å². The SMILES string of the molecule is COC1=CC=COC12Cc1ccc3ccccc3c1N2. The van der Waals surface area contributed by atoms with Crippen LogP contribution >= 0.6 is 0 Å². The molecule has 3 heteroatoms. The van der Waals surface area contributed by atoms with Gasteiger partial charge in [0.2, 0.25) is 5.72 Å². The molecule has 0 bridgehead atoms. The lowest BCUT2D eigenvalue weighted by molar-refractivity contribution is 0.0323. The molecule has 1 unspecified atom stereocenters. The van der Waals surface area contributed by atoms with Gasteiger partial charge >= 0.3 is 0 Å². The number of anilines is 1. The minimum absolute atomic E-state index is 0.601. The molecular formula is C17H15NO2. The van der Waals surface area contributed by atoms with Crippen LogP contribution < -0.4 is 5.32 Å². The summed E-state index contributed by atoms with van der Waals surface area (Å²) in [6, 6.07) is 12.7. The van der Waals surface area contributed by atoms with Crippen LogP contribution in [0, 0.1) is 0 Å². The lowest BCUT2D eigenvalue weighted by atomic mass is 10.0. The highest BCUT2D eigenvalue weighted by Crippen LogP contribution is 2.43. The van der Waals surface area contributed by atoms with E-state index in [2.05, 4.69) is 41.7 Å². The van der Waals surface area contributed by atoms with Gasteiger partial charge in [-0.3, -0.25) is 0 Å². The second-order valence-electron chi connectivity index (χ2n) is 5.13. The fourth-order valence-electron chi connectivity index (χ4n) is 3.05. The van der Waals surface area contributed by atoms with Crippen molar-refractivity contribution in [2.75, 3.05) is 12.4 Å². The fourth-order valence-corrected chi connectivity index (χ4v) is 3.05. The molecule has 0 saturated heterocycles. The molecule has 2 aromatic rings. The largest absolute Gasteiger partial charge is 0.495 e. The summed E-state index contributed by atoms with van der Waals surface area (Å²) in [7, 11) is 1.68. The van der Waals surface area contributed by atoms with Gasteiger partial charge in [0, 0.05) is 17.5 Å². The van der Waals surface area contributed by atoms with E-state index in [-0.39, 0.29) is 0 Å². The average molecular weight is 265 g/mol. The van der Waals surface area contributed by atoms with E-state index in [9.17, 15) is 0 Å². The number of fused-ring (bicyclic) bond motifs is 3. The topological polar surface area (TPSA) is 30.5 Å². The first kappa shape index (κ1) is 11.4. The minimum Gasteiger partial charge on any atom is -0.495 e. The average Bonchev–Trinajstić information content (AvgIpc) is 2.87. The van der Waals surface area contributed by atoms with E-state index >= 15 is 0 Å². The molecule has 1 spiro atoms. The normalized spacial score (nSPS) is 23.1. The molecule has 1 N–H and O–H groups in total. The Hall–Kier alpha value is -2.42. The summed E-state index contributed by atoms with van der Waals surface area (Å²) in [6.45, 7) is 0. The highest BCUT2D eigenvalue weighted by molar-refractivity contribution is 5.97. The Morgan fingerprint density at radius 2 is 2.10 bits per heavy atom. The Bertz CT molecular complexity index is 748. The molecule has 100 valence electrons. The second-order valence-corrected chi connectivity index (χ2v) is 5.13. The van der Waals surface area contributed by atoms with Crippen molar-refractivity contribution >= 4 is 16.5 Å². The summed E-state index contributed by atoms with van der Waals surface area (Å²) in [5.74, 6) is 0.806. The van der Waals surface area contributed by atoms with Crippen LogP contribution in [0.2, 0.25) is 0 Å². The molecule has 0 radical (unpaired) electrons. The zero-order valence-corrected chi connectivity index (χ0v) is 11.2. The number of hydrogen-bond donors (Lipinski definition) is 1. The molecule has 0 saturated carbocycles. The molecule has 0 aromatic heterocycles. The summed E-state index contributed by atoms with van der Waals surface area (Å²) in [5.41, 5.74) is 1.79. The van der Waals surface area contributed by atoms with Crippen LogP contribution in [0.1, 0.15) is 5.56 Å². The van der Waals surface area contributed by atoms with Gasteiger partial charge < -0.3 is 14.8 Å². The lowest BCUT2D eigenvalue weighted by Gasteiger charge is -2.32.